The number of benzene rings is 1. The quantitative estimate of drug-likeness (QED) is 0.881. The number of hydrogen-bond acceptors (Lipinski definition) is 3. The molecular formula is C15H20ClNO3. The Balaban J connectivity index is 2.20. The highest BCUT2D eigenvalue weighted by atomic mass is 35.5. The van der Waals surface area contributed by atoms with Crippen molar-refractivity contribution in [3.63, 3.8) is 0 Å². The molecular weight excluding hydrogens is 278 g/mol. The number of carbonyl (C=O) groups is 1. The lowest BCUT2D eigenvalue weighted by atomic mass is 9.72. The highest BCUT2D eigenvalue weighted by Gasteiger charge is 2.49. The van der Waals surface area contributed by atoms with Crippen molar-refractivity contribution in [3.8, 4) is 0 Å². The number of carbonyl (C=O) groups excluding carboxylic acids is 1. The maximum atomic E-state index is 12.0. The van der Waals surface area contributed by atoms with Crippen LogP contribution in [0.15, 0.2) is 24.3 Å². The van der Waals surface area contributed by atoms with Crippen LogP contribution in [0.25, 0.3) is 0 Å². The third-order valence-corrected chi connectivity index (χ3v) is 3.59. The van der Waals surface area contributed by atoms with Gasteiger partial charge in [-0.3, -0.25) is 0 Å². The summed E-state index contributed by atoms with van der Waals surface area (Å²) >= 11 is 6.19. The first kappa shape index (κ1) is 15.1. The highest BCUT2D eigenvalue weighted by Crippen LogP contribution is 2.47. The molecule has 1 aromatic carbocycles. The van der Waals surface area contributed by atoms with E-state index in [9.17, 15) is 9.90 Å². The van der Waals surface area contributed by atoms with Gasteiger partial charge >= 0.3 is 6.09 Å². The largest absolute Gasteiger partial charge is 0.438 e. The molecule has 1 saturated carbocycles. The van der Waals surface area contributed by atoms with E-state index >= 15 is 0 Å². The average Bonchev–Trinajstić information content (AvgIpc) is 2.24. The van der Waals surface area contributed by atoms with Crippen molar-refractivity contribution in [2.45, 2.75) is 50.9 Å². The van der Waals surface area contributed by atoms with Gasteiger partial charge < -0.3 is 15.2 Å². The summed E-state index contributed by atoms with van der Waals surface area (Å²) in [5.74, 6) is 0. The van der Waals surface area contributed by atoms with Crippen molar-refractivity contribution in [3.05, 3.63) is 34.9 Å². The molecule has 1 fully saturated rings. The van der Waals surface area contributed by atoms with Crippen molar-refractivity contribution in [2.75, 3.05) is 0 Å². The Labute approximate surface area is 124 Å². The number of hydrogen-bond donors (Lipinski definition) is 2. The molecule has 2 rings (SSSR count). The van der Waals surface area contributed by atoms with Gasteiger partial charge in [0.25, 0.3) is 0 Å². The normalized spacial score (nSPS) is 25.8. The van der Waals surface area contributed by atoms with E-state index in [2.05, 4.69) is 5.32 Å². The maximum absolute atomic E-state index is 12.0. The van der Waals surface area contributed by atoms with Crippen LogP contribution < -0.4 is 5.32 Å². The molecule has 0 bridgehead atoms. The van der Waals surface area contributed by atoms with Gasteiger partial charge in [-0.2, -0.15) is 0 Å². The van der Waals surface area contributed by atoms with Crippen LogP contribution in [-0.4, -0.2) is 22.8 Å². The van der Waals surface area contributed by atoms with E-state index in [-0.39, 0.29) is 5.54 Å². The fourth-order valence-electron chi connectivity index (χ4n) is 2.40. The van der Waals surface area contributed by atoms with Crippen molar-refractivity contribution in [1.82, 2.24) is 5.32 Å². The minimum Gasteiger partial charge on any atom is -0.438 e. The summed E-state index contributed by atoms with van der Waals surface area (Å²) in [6.45, 7) is 5.64. The van der Waals surface area contributed by atoms with Crippen molar-refractivity contribution >= 4 is 17.7 Å². The van der Waals surface area contributed by atoms with Crippen LogP contribution in [0.4, 0.5) is 4.79 Å². The zero-order chi connectivity index (χ0) is 15.0. The number of alkyl carbamates (subject to hydrolysis) is 1. The van der Waals surface area contributed by atoms with Gasteiger partial charge in [0.2, 0.25) is 0 Å². The van der Waals surface area contributed by atoms with E-state index in [0.717, 1.165) is 5.56 Å². The van der Waals surface area contributed by atoms with Gasteiger partial charge in [0.1, 0.15) is 5.60 Å². The zero-order valence-corrected chi connectivity index (χ0v) is 12.7. The minimum absolute atomic E-state index is 0.369. The molecule has 0 radical (unpaired) electrons. The van der Waals surface area contributed by atoms with Crippen LogP contribution in [0.3, 0.4) is 0 Å². The Morgan fingerprint density at radius 3 is 2.50 bits per heavy atom. The number of nitrogens with one attached hydrogen (secondary N) is 1. The molecule has 1 aliphatic rings. The summed E-state index contributed by atoms with van der Waals surface area (Å²) in [6, 6.07) is 7.26. The molecule has 0 spiro atoms. The highest BCUT2D eigenvalue weighted by molar-refractivity contribution is 6.31. The molecule has 0 saturated heterocycles. The molecule has 0 atom stereocenters. The fourth-order valence-corrected chi connectivity index (χ4v) is 2.71. The van der Waals surface area contributed by atoms with Crippen molar-refractivity contribution < 1.29 is 14.6 Å². The molecule has 4 nitrogen and oxygen atoms in total. The molecule has 0 aliphatic heterocycles. The number of ether oxygens (including phenoxy) is 1. The Kier molecular flexibility index (Phi) is 3.98. The fraction of sp³-hybridized carbons (Fsp3) is 0.533. The molecule has 1 amide bonds. The first-order valence-corrected chi connectivity index (χ1v) is 7.04. The zero-order valence-electron chi connectivity index (χ0n) is 11.9. The van der Waals surface area contributed by atoms with E-state index in [1.165, 1.54) is 0 Å². The summed E-state index contributed by atoms with van der Waals surface area (Å²) in [4.78, 5) is 12.0. The SMILES string of the molecule is CC(C)(C)NC(=O)OC1(c2ccccc2Cl)CC(O)C1. The Morgan fingerprint density at radius 1 is 1.40 bits per heavy atom. The number of rotatable bonds is 2. The Bertz CT molecular complexity index is 504. The Hall–Kier alpha value is -1.26. The first-order valence-electron chi connectivity index (χ1n) is 6.66. The van der Waals surface area contributed by atoms with E-state index in [1.54, 1.807) is 6.07 Å². The molecule has 0 heterocycles. The molecule has 1 aliphatic carbocycles. The average molecular weight is 298 g/mol. The number of aliphatic hydroxyl groups is 1. The number of amides is 1. The maximum Gasteiger partial charge on any atom is 0.408 e. The molecule has 110 valence electrons. The predicted molar refractivity (Wildman–Crippen MR) is 77.7 cm³/mol. The van der Waals surface area contributed by atoms with Gasteiger partial charge in [0.05, 0.1) is 6.10 Å². The topological polar surface area (TPSA) is 58.6 Å². The van der Waals surface area contributed by atoms with E-state index < -0.39 is 17.8 Å². The second kappa shape index (κ2) is 5.26. The van der Waals surface area contributed by atoms with Gasteiger partial charge in [0, 0.05) is 29.0 Å². The van der Waals surface area contributed by atoms with Crippen LogP contribution in [-0.2, 0) is 10.3 Å². The van der Waals surface area contributed by atoms with Crippen LogP contribution in [0.1, 0.15) is 39.2 Å². The molecule has 0 aromatic heterocycles. The van der Waals surface area contributed by atoms with Crippen LogP contribution >= 0.6 is 11.6 Å². The molecule has 2 N–H and O–H groups in total. The minimum atomic E-state index is -0.826. The number of aliphatic hydroxyl groups excluding tert-OH is 1. The third kappa shape index (κ3) is 3.25. The second-order valence-corrected chi connectivity index (χ2v) is 6.71. The summed E-state index contributed by atoms with van der Waals surface area (Å²) in [6.07, 6.45) is -0.221. The van der Waals surface area contributed by atoms with Crippen molar-refractivity contribution in [2.24, 2.45) is 0 Å². The number of halogens is 1. The van der Waals surface area contributed by atoms with E-state index in [0.29, 0.717) is 17.9 Å². The monoisotopic (exact) mass is 297 g/mol. The summed E-state index contributed by atoms with van der Waals surface area (Å²) < 4.78 is 5.59. The van der Waals surface area contributed by atoms with Crippen LogP contribution in [0.5, 0.6) is 0 Å². The Morgan fingerprint density at radius 2 is 2.00 bits per heavy atom. The summed E-state index contributed by atoms with van der Waals surface area (Å²) in [7, 11) is 0. The second-order valence-electron chi connectivity index (χ2n) is 6.30. The summed E-state index contributed by atoms with van der Waals surface area (Å²) in [5, 5.41) is 12.9. The third-order valence-electron chi connectivity index (χ3n) is 3.26. The van der Waals surface area contributed by atoms with Gasteiger partial charge in [-0.15, -0.1) is 0 Å². The lowest BCUT2D eigenvalue weighted by Gasteiger charge is -2.45. The molecule has 5 heteroatoms. The first-order chi connectivity index (χ1) is 9.22. The van der Waals surface area contributed by atoms with Gasteiger partial charge in [0.15, 0.2) is 0 Å². The van der Waals surface area contributed by atoms with Gasteiger partial charge in [-0.25, -0.2) is 4.79 Å². The molecule has 1 aromatic rings. The van der Waals surface area contributed by atoms with Crippen LogP contribution in [0, 0.1) is 0 Å². The predicted octanol–water partition coefficient (Wildman–Crippen LogP) is 3.21. The van der Waals surface area contributed by atoms with E-state index in [4.69, 9.17) is 16.3 Å². The van der Waals surface area contributed by atoms with E-state index in [1.807, 2.05) is 39.0 Å². The lowest BCUT2D eigenvalue weighted by molar-refractivity contribution is -0.123. The lowest BCUT2D eigenvalue weighted by Crippen LogP contribution is -2.52. The van der Waals surface area contributed by atoms with Crippen LogP contribution in [0.2, 0.25) is 5.02 Å². The molecule has 20 heavy (non-hydrogen) atoms. The molecule has 0 unspecified atom stereocenters. The summed E-state index contributed by atoms with van der Waals surface area (Å²) in [5.41, 5.74) is -0.454. The standard InChI is InChI=1S/C15H20ClNO3/c1-14(2,3)17-13(19)20-15(8-10(18)9-15)11-6-4-5-7-12(11)16/h4-7,10,18H,8-9H2,1-3H3,(H,17,19). The smallest absolute Gasteiger partial charge is 0.408 e. The van der Waals surface area contributed by atoms with Gasteiger partial charge in [-0.05, 0) is 26.8 Å². The van der Waals surface area contributed by atoms with Gasteiger partial charge in [-0.1, -0.05) is 29.8 Å². The van der Waals surface area contributed by atoms with Crippen molar-refractivity contribution in [1.29, 1.82) is 0 Å².